The lowest BCUT2D eigenvalue weighted by Crippen LogP contribution is -2.10. The van der Waals surface area contributed by atoms with Crippen LogP contribution in [0.5, 0.6) is 11.5 Å². The van der Waals surface area contributed by atoms with Gasteiger partial charge in [-0.2, -0.15) is 0 Å². The molecule has 0 aliphatic carbocycles. The summed E-state index contributed by atoms with van der Waals surface area (Å²) in [7, 11) is 1.31. The quantitative estimate of drug-likeness (QED) is 0.183. The molecule has 0 amide bonds. The van der Waals surface area contributed by atoms with E-state index >= 15 is 0 Å². The average Bonchev–Trinajstić information content (AvgIpc) is 3.01. The van der Waals surface area contributed by atoms with Crippen LogP contribution < -0.4 is 9.47 Å². The maximum atomic E-state index is 13.3. The molecule has 30 heavy (non-hydrogen) atoms. The molecule has 0 aliphatic rings. The SMILES string of the molecule is COc1cc(C(=O)c2c(C)c(OCCOC(C)=O)c3ccccn23)ccc1[N+](=O)[O-]. The van der Waals surface area contributed by atoms with Gasteiger partial charge in [0.05, 0.1) is 17.5 Å². The van der Waals surface area contributed by atoms with Crippen LogP contribution in [0.25, 0.3) is 5.52 Å². The minimum absolute atomic E-state index is 0.00206. The molecule has 0 spiro atoms. The predicted molar refractivity (Wildman–Crippen MR) is 107 cm³/mol. The number of pyridine rings is 1. The fourth-order valence-electron chi connectivity index (χ4n) is 3.20. The van der Waals surface area contributed by atoms with E-state index in [1.807, 2.05) is 6.07 Å². The fraction of sp³-hybridized carbons (Fsp3) is 0.238. The number of aromatic nitrogens is 1. The van der Waals surface area contributed by atoms with Gasteiger partial charge in [-0.1, -0.05) is 6.07 Å². The highest BCUT2D eigenvalue weighted by molar-refractivity contribution is 6.10. The van der Waals surface area contributed by atoms with Crippen molar-refractivity contribution in [1.82, 2.24) is 4.40 Å². The number of nitro groups is 1. The number of benzene rings is 1. The summed E-state index contributed by atoms with van der Waals surface area (Å²) in [5.74, 6) is -0.237. The Labute approximate surface area is 171 Å². The van der Waals surface area contributed by atoms with Gasteiger partial charge in [0.1, 0.15) is 24.7 Å². The van der Waals surface area contributed by atoms with Crippen LogP contribution in [-0.2, 0) is 9.53 Å². The number of carbonyl (C=O) groups is 2. The van der Waals surface area contributed by atoms with E-state index in [4.69, 9.17) is 14.2 Å². The molecule has 1 aromatic carbocycles. The summed E-state index contributed by atoms with van der Waals surface area (Å²) in [4.78, 5) is 34.8. The highest BCUT2D eigenvalue weighted by Crippen LogP contribution is 2.34. The molecule has 2 heterocycles. The molecule has 0 aliphatic heterocycles. The van der Waals surface area contributed by atoms with Crippen LogP contribution in [0.2, 0.25) is 0 Å². The lowest BCUT2D eigenvalue weighted by molar-refractivity contribution is -0.385. The molecule has 0 saturated carbocycles. The van der Waals surface area contributed by atoms with E-state index in [1.165, 1.54) is 32.2 Å². The van der Waals surface area contributed by atoms with Crippen LogP contribution in [0.4, 0.5) is 5.69 Å². The Morgan fingerprint density at radius 2 is 1.93 bits per heavy atom. The summed E-state index contributed by atoms with van der Waals surface area (Å²) in [5, 5.41) is 11.1. The van der Waals surface area contributed by atoms with E-state index in [9.17, 15) is 19.7 Å². The number of fused-ring (bicyclic) bond motifs is 1. The number of nitrogens with zero attached hydrogens (tertiary/aromatic N) is 2. The van der Waals surface area contributed by atoms with Gasteiger partial charge in [-0.15, -0.1) is 0 Å². The topological polar surface area (TPSA) is 109 Å². The predicted octanol–water partition coefficient (Wildman–Crippen LogP) is 3.34. The zero-order chi connectivity index (χ0) is 21.8. The molecule has 156 valence electrons. The van der Waals surface area contributed by atoms with Crippen molar-refractivity contribution in [3.05, 3.63) is 69.5 Å². The zero-order valence-electron chi connectivity index (χ0n) is 16.7. The van der Waals surface area contributed by atoms with Gasteiger partial charge < -0.3 is 18.6 Å². The van der Waals surface area contributed by atoms with E-state index in [2.05, 4.69) is 0 Å². The summed E-state index contributed by atoms with van der Waals surface area (Å²) in [6, 6.07) is 9.39. The lowest BCUT2D eigenvalue weighted by atomic mass is 10.0. The average molecular weight is 412 g/mol. The van der Waals surface area contributed by atoms with Gasteiger partial charge in [0, 0.05) is 30.3 Å². The number of nitro benzene ring substituents is 1. The highest BCUT2D eigenvalue weighted by Gasteiger charge is 2.25. The summed E-state index contributed by atoms with van der Waals surface area (Å²) in [6.45, 7) is 3.29. The number of hydrogen-bond acceptors (Lipinski definition) is 7. The monoisotopic (exact) mass is 412 g/mol. The Balaban J connectivity index is 2.01. The molecule has 0 unspecified atom stereocenters. The van der Waals surface area contributed by atoms with Crippen LogP contribution in [-0.4, -0.2) is 41.4 Å². The van der Waals surface area contributed by atoms with Gasteiger partial charge >= 0.3 is 11.7 Å². The van der Waals surface area contributed by atoms with Crippen molar-refractivity contribution >= 4 is 23.0 Å². The molecule has 3 aromatic rings. The molecule has 0 bridgehead atoms. The van der Waals surface area contributed by atoms with Crippen molar-refractivity contribution < 1.29 is 28.7 Å². The van der Waals surface area contributed by atoms with E-state index in [-0.39, 0.29) is 36.0 Å². The van der Waals surface area contributed by atoms with E-state index in [0.29, 0.717) is 22.5 Å². The standard InChI is InChI=1S/C21H20N2O7/c1-13-19(20(25)15-7-8-16(23(26)27)18(12-15)28-3)22-9-5-4-6-17(22)21(13)30-11-10-29-14(2)24/h4-9,12H,10-11H2,1-3H3. The molecule has 9 nitrogen and oxygen atoms in total. The zero-order valence-corrected chi connectivity index (χ0v) is 16.7. The summed E-state index contributed by atoms with van der Waals surface area (Å²) in [6.07, 6.45) is 1.73. The number of methoxy groups -OCH3 is 1. The molecule has 0 N–H and O–H groups in total. The van der Waals surface area contributed by atoms with Gasteiger partial charge in [0.2, 0.25) is 5.78 Å². The highest BCUT2D eigenvalue weighted by atomic mass is 16.6. The van der Waals surface area contributed by atoms with Crippen LogP contribution in [0.15, 0.2) is 42.6 Å². The first-order valence-electron chi connectivity index (χ1n) is 9.08. The van der Waals surface area contributed by atoms with Crippen molar-refractivity contribution in [2.45, 2.75) is 13.8 Å². The Kier molecular flexibility index (Phi) is 6.01. The van der Waals surface area contributed by atoms with Crippen molar-refractivity contribution in [3.63, 3.8) is 0 Å². The summed E-state index contributed by atoms with van der Waals surface area (Å²) >= 11 is 0. The first-order valence-corrected chi connectivity index (χ1v) is 9.08. The van der Waals surface area contributed by atoms with Crippen molar-refractivity contribution in [3.8, 4) is 11.5 Å². The van der Waals surface area contributed by atoms with E-state index in [0.717, 1.165) is 0 Å². The molecule has 0 radical (unpaired) electrons. The lowest BCUT2D eigenvalue weighted by Gasteiger charge is -2.07. The number of ether oxygens (including phenoxy) is 3. The van der Waals surface area contributed by atoms with Gasteiger partial charge in [-0.25, -0.2) is 0 Å². The molecular formula is C21H20N2O7. The molecule has 2 aromatic heterocycles. The van der Waals surface area contributed by atoms with Crippen LogP contribution in [0.3, 0.4) is 0 Å². The number of hydrogen-bond donors (Lipinski definition) is 0. The van der Waals surface area contributed by atoms with Crippen molar-refractivity contribution in [2.75, 3.05) is 20.3 Å². The van der Waals surface area contributed by atoms with Crippen molar-refractivity contribution in [2.24, 2.45) is 0 Å². The second-order valence-corrected chi connectivity index (χ2v) is 6.42. The normalized spacial score (nSPS) is 10.6. The Hall–Kier alpha value is -3.88. The molecule has 0 fully saturated rings. The molecule has 0 atom stereocenters. The third-order valence-corrected chi connectivity index (χ3v) is 4.52. The summed E-state index contributed by atoms with van der Waals surface area (Å²) < 4.78 is 17.5. The maximum Gasteiger partial charge on any atom is 0.310 e. The largest absolute Gasteiger partial charge is 0.490 e. The van der Waals surface area contributed by atoms with E-state index in [1.54, 1.807) is 29.7 Å². The van der Waals surface area contributed by atoms with Crippen molar-refractivity contribution in [1.29, 1.82) is 0 Å². The van der Waals surface area contributed by atoms with Gasteiger partial charge in [0.15, 0.2) is 5.75 Å². The third kappa shape index (κ3) is 3.95. The third-order valence-electron chi connectivity index (χ3n) is 4.52. The summed E-state index contributed by atoms with van der Waals surface area (Å²) in [5.41, 5.74) is 1.67. The van der Waals surface area contributed by atoms with Gasteiger partial charge in [0.25, 0.3) is 0 Å². The molecular weight excluding hydrogens is 392 g/mol. The minimum atomic E-state index is -0.569. The van der Waals surface area contributed by atoms with Gasteiger partial charge in [-0.05, 0) is 31.2 Å². The van der Waals surface area contributed by atoms with E-state index < -0.39 is 10.9 Å². The Morgan fingerprint density at radius 1 is 1.17 bits per heavy atom. The van der Waals surface area contributed by atoms with Crippen LogP contribution >= 0.6 is 0 Å². The first-order chi connectivity index (χ1) is 14.3. The maximum absolute atomic E-state index is 13.3. The smallest absolute Gasteiger partial charge is 0.310 e. The first kappa shape index (κ1) is 20.8. The number of rotatable bonds is 8. The van der Waals surface area contributed by atoms with Crippen LogP contribution in [0.1, 0.15) is 28.5 Å². The fourth-order valence-corrected chi connectivity index (χ4v) is 3.20. The molecule has 9 heteroatoms. The second kappa shape index (κ2) is 8.64. The Morgan fingerprint density at radius 3 is 2.60 bits per heavy atom. The van der Waals surface area contributed by atoms with Crippen LogP contribution in [0, 0.1) is 17.0 Å². The number of ketones is 1. The number of esters is 1. The molecule has 0 saturated heterocycles. The van der Waals surface area contributed by atoms with Gasteiger partial charge in [-0.3, -0.25) is 19.7 Å². The number of carbonyl (C=O) groups excluding carboxylic acids is 2. The second-order valence-electron chi connectivity index (χ2n) is 6.42. The molecule has 3 rings (SSSR count). The minimum Gasteiger partial charge on any atom is -0.490 e. The Bertz CT molecular complexity index is 1130.